The maximum atomic E-state index is 13.1. The van der Waals surface area contributed by atoms with Crippen LogP contribution in [-0.4, -0.2) is 70.3 Å². The maximum Gasteiger partial charge on any atom is 0.254 e. The van der Waals surface area contributed by atoms with Crippen LogP contribution >= 0.6 is 0 Å². The van der Waals surface area contributed by atoms with E-state index < -0.39 is 0 Å². The van der Waals surface area contributed by atoms with Crippen LogP contribution in [0.5, 0.6) is 0 Å². The average Bonchev–Trinajstić information content (AvgIpc) is 2.76. The Morgan fingerprint density at radius 2 is 1.68 bits per heavy atom. The van der Waals surface area contributed by atoms with Gasteiger partial charge in [-0.2, -0.15) is 0 Å². The van der Waals surface area contributed by atoms with Crippen LogP contribution in [0.3, 0.4) is 0 Å². The maximum absolute atomic E-state index is 13.1. The lowest BCUT2D eigenvalue weighted by Crippen LogP contribution is -2.58. The SMILES string of the molecule is O=C(c1ccncc1)N1CCN([C@@H]2CCCN(Cc3ccccc3)C2=O)CC1. The molecule has 1 atom stereocenters. The molecular weight excluding hydrogens is 352 g/mol. The second-order valence-corrected chi connectivity index (χ2v) is 7.47. The van der Waals surface area contributed by atoms with Gasteiger partial charge in [0.25, 0.3) is 5.91 Å². The highest BCUT2D eigenvalue weighted by atomic mass is 16.2. The van der Waals surface area contributed by atoms with Crippen LogP contribution in [0.1, 0.15) is 28.8 Å². The Balaban J connectivity index is 1.35. The summed E-state index contributed by atoms with van der Waals surface area (Å²) in [7, 11) is 0. The molecule has 0 saturated carbocycles. The van der Waals surface area contributed by atoms with Gasteiger partial charge in [0.1, 0.15) is 0 Å². The lowest BCUT2D eigenvalue weighted by atomic mass is 10.0. The Morgan fingerprint density at radius 3 is 2.39 bits per heavy atom. The Morgan fingerprint density at radius 1 is 0.964 bits per heavy atom. The minimum Gasteiger partial charge on any atom is -0.337 e. The van der Waals surface area contributed by atoms with Gasteiger partial charge in [-0.25, -0.2) is 0 Å². The average molecular weight is 378 g/mol. The van der Waals surface area contributed by atoms with Crippen LogP contribution in [0, 0.1) is 0 Å². The molecule has 0 radical (unpaired) electrons. The van der Waals surface area contributed by atoms with Gasteiger partial charge in [-0.05, 0) is 30.5 Å². The molecule has 28 heavy (non-hydrogen) atoms. The Kier molecular flexibility index (Phi) is 5.67. The van der Waals surface area contributed by atoms with Gasteiger partial charge in [-0.15, -0.1) is 0 Å². The van der Waals surface area contributed by atoms with Crippen LogP contribution in [-0.2, 0) is 11.3 Å². The molecule has 2 aliphatic heterocycles. The number of nitrogens with zero attached hydrogens (tertiary/aromatic N) is 4. The second-order valence-electron chi connectivity index (χ2n) is 7.47. The molecule has 2 aromatic rings. The van der Waals surface area contributed by atoms with Crippen molar-refractivity contribution < 1.29 is 9.59 Å². The number of hydrogen-bond donors (Lipinski definition) is 0. The summed E-state index contributed by atoms with van der Waals surface area (Å²) in [6, 6.07) is 13.6. The van der Waals surface area contributed by atoms with Crippen molar-refractivity contribution in [3.8, 4) is 0 Å². The van der Waals surface area contributed by atoms with Gasteiger partial charge in [-0.3, -0.25) is 19.5 Å². The quantitative estimate of drug-likeness (QED) is 0.817. The van der Waals surface area contributed by atoms with E-state index >= 15 is 0 Å². The Bertz CT molecular complexity index is 804. The van der Waals surface area contributed by atoms with Crippen molar-refractivity contribution in [2.75, 3.05) is 32.7 Å². The number of benzene rings is 1. The third-order valence-electron chi connectivity index (χ3n) is 5.69. The summed E-state index contributed by atoms with van der Waals surface area (Å²) in [5, 5.41) is 0. The van der Waals surface area contributed by atoms with E-state index in [9.17, 15) is 9.59 Å². The molecule has 2 saturated heterocycles. The van der Waals surface area contributed by atoms with Crippen LogP contribution in [0.15, 0.2) is 54.9 Å². The highest BCUT2D eigenvalue weighted by molar-refractivity contribution is 5.94. The van der Waals surface area contributed by atoms with Gasteiger partial charge in [0.15, 0.2) is 0 Å². The van der Waals surface area contributed by atoms with Gasteiger partial charge >= 0.3 is 0 Å². The zero-order chi connectivity index (χ0) is 19.3. The lowest BCUT2D eigenvalue weighted by Gasteiger charge is -2.42. The summed E-state index contributed by atoms with van der Waals surface area (Å²) in [5.41, 5.74) is 1.84. The van der Waals surface area contributed by atoms with Crippen molar-refractivity contribution in [1.82, 2.24) is 19.7 Å². The van der Waals surface area contributed by atoms with Gasteiger partial charge < -0.3 is 9.80 Å². The molecule has 1 aromatic carbocycles. The molecule has 3 heterocycles. The van der Waals surface area contributed by atoms with E-state index in [0.29, 0.717) is 25.2 Å². The summed E-state index contributed by atoms with van der Waals surface area (Å²) in [5.74, 6) is 0.270. The number of rotatable bonds is 4. The van der Waals surface area contributed by atoms with E-state index in [1.807, 2.05) is 28.0 Å². The number of hydrogen-bond acceptors (Lipinski definition) is 4. The van der Waals surface area contributed by atoms with Gasteiger partial charge in [0.05, 0.1) is 6.04 Å². The first-order valence-electron chi connectivity index (χ1n) is 9.98. The van der Waals surface area contributed by atoms with Crippen molar-refractivity contribution in [3.63, 3.8) is 0 Å². The number of likely N-dealkylation sites (tertiary alicyclic amines) is 1. The van der Waals surface area contributed by atoms with Gasteiger partial charge in [0.2, 0.25) is 5.91 Å². The highest BCUT2D eigenvalue weighted by Crippen LogP contribution is 2.21. The fourth-order valence-electron chi connectivity index (χ4n) is 4.13. The molecule has 6 nitrogen and oxygen atoms in total. The fraction of sp³-hybridized carbons (Fsp3) is 0.409. The molecule has 0 unspecified atom stereocenters. The molecule has 0 N–H and O–H groups in total. The smallest absolute Gasteiger partial charge is 0.254 e. The van der Waals surface area contributed by atoms with E-state index in [0.717, 1.165) is 32.5 Å². The van der Waals surface area contributed by atoms with Crippen LogP contribution in [0.25, 0.3) is 0 Å². The summed E-state index contributed by atoms with van der Waals surface area (Å²) >= 11 is 0. The number of amides is 2. The predicted octanol–water partition coefficient (Wildman–Crippen LogP) is 2.03. The lowest BCUT2D eigenvalue weighted by molar-refractivity contribution is -0.141. The molecule has 4 rings (SSSR count). The summed E-state index contributed by atoms with van der Waals surface area (Å²) < 4.78 is 0. The molecule has 0 aliphatic carbocycles. The summed E-state index contributed by atoms with van der Waals surface area (Å²) in [6.07, 6.45) is 5.22. The van der Waals surface area contributed by atoms with Crippen molar-refractivity contribution in [3.05, 3.63) is 66.0 Å². The number of piperidine rings is 1. The van der Waals surface area contributed by atoms with Crippen LogP contribution in [0.2, 0.25) is 0 Å². The van der Waals surface area contributed by atoms with E-state index in [2.05, 4.69) is 22.0 Å². The molecule has 2 aliphatic rings. The fourth-order valence-corrected chi connectivity index (χ4v) is 4.13. The first-order chi connectivity index (χ1) is 13.7. The third-order valence-corrected chi connectivity index (χ3v) is 5.69. The van der Waals surface area contributed by atoms with E-state index in [4.69, 9.17) is 0 Å². The molecule has 2 amide bonds. The number of pyridine rings is 1. The molecule has 0 spiro atoms. The zero-order valence-corrected chi connectivity index (χ0v) is 16.0. The Labute approximate surface area is 165 Å². The predicted molar refractivity (Wildman–Crippen MR) is 107 cm³/mol. The van der Waals surface area contributed by atoms with Crippen LogP contribution < -0.4 is 0 Å². The number of piperazine rings is 1. The molecule has 1 aromatic heterocycles. The molecule has 0 bridgehead atoms. The molecule has 146 valence electrons. The normalized spacial score (nSPS) is 21.0. The molecule has 6 heteroatoms. The monoisotopic (exact) mass is 378 g/mol. The summed E-state index contributed by atoms with van der Waals surface area (Å²) in [6.45, 7) is 4.30. The van der Waals surface area contributed by atoms with Gasteiger partial charge in [-0.1, -0.05) is 30.3 Å². The number of carbonyl (C=O) groups is 2. The van der Waals surface area contributed by atoms with E-state index in [-0.39, 0.29) is 17.9 Å². The first kappa shape index (κ1) is 18.6. The van der Waals surface area contributed by atoms with Gasteiger partial charge in [0, 0.05) is 57.2 Å². The topological polar surface area (TPSA) is 56.8 Å². The second kappa shape index (κ2) is 8.52. The minimum absolute atomic E-state index is 0.0442. The summed E-state index contributed by atoms with van der Waals surface area (Å²) in [4.78, 5) is 35.8. The molecular formula is C22H26N4O2. The van der Waals surface area contributed by atoms with E-state index in [1.165, 1.54) is 5.56 Å². The highest BCUT2D eigenvalue weighted by Gasteiger charge is 2.35. The third kappa shape index (κ3) is 4.07. The standard InChI is InChI=1S/C22H26N4O2/c27-21(19-8-10-23-11-9-19)25-15-13-24(14-16-25)20-7-4-12-26(22(20)28)17-18-5-2-1-3-6-18/h1-3,5-6,8-11,20H,4,7,12-17H2/t20-/m1/s1. The minimum atomic E-state index is -0.0596. The molecule has 2 fully saturated rings. The Hall–Kier alpha value is -2.73. The van der Waals surface area contributed by atoms with Crippen molar-refractivity contribution >= 4 is 11.8 Å². The van der Waals surface area contributed by atoms with Crippen molar-refractivity contribution in [2.24, 2.45) is 0 Å². The number of aromatic nitrogens is 1. The van der Waals surface area contributed by atoms with Crippen LogP contribution in [0.4, 0.5) is 0 Å². The van der Waals surface area contributed by atoms with Crippen molar-refractivity contribution in [2.45, 2.75) is 25.4 Å². The number of carbonyl (C=O) groups excluding carboxylic acids is 2. The van der Waals surface area contributed by atoms with E-state index in [1.54, 1.807) is 24.5 Å². The van der Waals surface area contributed by atoms with Crippen molar-refractivity contribution in [1.29, 1.82) is 0 Å². The largest absolute Gasteiger partial charge is 0.337 e. The zero-order valence-electron chi connectivity index (χ0n) is 16.0. The first-order valence-corrected chi connectivity index (χ1v) is 9.98.